The summed E-state index contributed by atoms with van der Waals surface area (Å²) in [6.45, 7) is 1.76. The number of amides is 1. The number of nitrogens with one attached hydrogen (secondary N) is 2. The minimum Gasteiger partial charge on any atom is -0.353 e. The molecule has 0 radical (unpaired) electrons. The second kappa shape index (κ2) is 6.11. The third kappa shape index (κ3) is 4.37. The molecule has 1 amide bonds. The van der Waals surface area contributed by atoms with E-state index in [0.717, 1.165) is 19.5 Å². The molecule has 1 aliphatic carbocycles. The fourth-order valence-corrected chi connectivity index (χ4v) is 3.06. The van der Waals surface area contributed by atoms with Crippen molar-refractivity contribution in [2.24, 2.45) is 11.8 Å². The third-order valence-electron chi connectivity index (χ3n) is 4.14. The van der Waals surface area contributed by atoms with E-state index >= 15 is 0 Å². The van der Waals surface area contributed by atoms with Crippen LogP contribution in [0.3, 0.4) is 0 Å². The smallest absolute Gasteiger partial charge is 0.353 e. The Hall–Kier alpha value is -0.780. The van der Waals surface area contributed by atoms with E-state index in [1.807, 2.05) is 0 Å². The summed E-state index contributed by atoms with van der Waals surface area (Å²) in [5.41, 5.74) is 0. The normalized spacial score (nSPS) is 32.3. The summed E-state index contributed by atoms with van der Waals surface area (Å²) in [6, 6.07) is -0.303. The molecule has 110 valence electrons. The van der Waals surface area contributed by atoms with Crippen LogP contribution in [0.2, 0.25) is 0 Å². The van der Waals surface area contributed by atoms with E-state index in [-0.39, 0.29) is 24.8 Å². The van der Waals surface area contributed by atoms with Crippen LogP contribution in [0.1, 0.15) is 38.5 Å². The Bertz CT molecular complexity index is 314. The fraction of sp³-hybridized carbons (Fsp3) is 0.923. The van der Waals surface area contributed by atoms with Crippen LogP contribution in [-0.4, -0.2) is 31.2 Å². The first-order valence-electron chi connectivity index (χ1n) is 7.02. The molecule has 6 heteroatoms. The molecule has 2 N–H and O–H groups in total. The van der Waals surface area contributed by atoms with E-state index in [1.54, 1.807) is 0 Å². The van der Waals surface area contributed by atoms with Gasteiger partial charge in [-0.15, -0.1) is 0 Å². The monoisotopic (exact) mass is 278 g/mol. The molecule has 1 heterocycles. The van der Waals surface area contributed by atoms with Crippen molar-refractivity contribution in [2.75, 3.05) is 13.1 Å². The summed E-state index contributed by atoms with van der Waals surface area (Å²) in [4.78, 5) is 11.8. The highest BCUT2D eigenvalue weighted by Gasteiger charge is 2.42. The fourth-order valence-electron chi connectivity index (χ4n) is 3.06. The van der Waals surface area contributed by atoms with Gasteiger partial charge in [0, 0.05) is 12.5 Å². The lowest BCUT2D eigenvalue weighted by Gasteiger charge is -2.31. The first kappa shape index (κ1) is 14.6. The van der Waals surface area contributed by atoms with Crippen LogP contribution in [0.15, 0.2) is 0 Å². The average molecular weight is 278 g/mol. The largest absolute Gasteiger partial charge is 0.391 e. The van der Waals surface area contributed by atoms with Gasteiger partial charge in [-0.1, -0.05) is 6.42 Å². The Morgan fingerprint density at radius 1 is 1.26 bits per heavy atom. The van der Waals surface area contributed by atoms with Crippen molar-refractivity contribution in [3.05, 3.63) is 0 Å². The molecule has 0 aromatic carbocycles. The molecule has 0 bridgehead atoms. The van der Waals surface area contributed by atoms with Gasteiger partial charge < -0.3 is 10.6 Å². The number of rotatable bonds is 3. The lowest BCUT2D eigenvalue weighted by atomic mass is 9.85. The van der Waals surface area contributed by atoms with Gasteiger partial charge in [0.25, 0.3) is 0 Å². The average Bonchev–Trinajstić information content (AvgIpc) is 2.80. The predicted molar refractivity (Wildman–Crippen MR) is 65.5 cm³/mol. The van der Waals surface area contributed by atoms with Crippen molar-refractivity contribution in [3.63, 3.8) is 0 Å². The summed E-state index contributed by atoms with van der Waals surface area (Å²) in [6.07, 6.45) is -1.27. The molecule has 0 aromatic rings. The SMILES string of the molecule is O=C(CC1CCNC1)NC1CCCC(C(F)(F)F)C1. The number of halogens is 3. The zero-order valence-corrected chi connectivity index (χ0v) is 10.9. The second-order valence-electron chi connectivity index (χ2n) is 5.73. The van der Waals surface area contributed by atoms with Gasteiger partial charge in [-0.05, 0) is 44.7 Å². The molecule has 2 aliphatic rings. The molecule has 3 unspecified atom stereocenters. The highest BCUT2D eigenvalue weighted by molar-refractivity contribution is 5.76. The van der Waals surface area contributed by atoms with Crippen LogP contribution in [-0.2, 0) is 4.79 Å². The van der Waals surface area contributed by atoms with E-state index in [4.69, 9.17) is 0 Å². The Morgan fingerprint density at radius 3 is 2.68 bits per heavy atom. The van der Waals surface area contributed by atoms with Gasteiger partial charge in [-0.2, -0.15) is 13.2 Å². The number of carbonyl (C=O) groups excluding carboxylic acids is 1. The van der Waals surface area contributed by atoms with Gasteiger partial charge in [0.1, 0.15) is 0 Å². The summed E-state index contributed by atoms with van der Waals surface area (Å²) in [5.74, 6) is -1.01. The molecule has 2 fully saturated rings. The van der Waals surface area contributed by atoms with Crippen molar-refractivity contribution < 1.29 is 18.0 Å². The summed E-state index contributed by atoms with van der Waals surface area (Å²) in [5, 5.41) is 5.96. The maximum Gasteiger partial charge on any atom is 0.391 e. The van der Waals surface area contributed by atoms with Crippen LogP contribution < -0.4 is 10.6 Å². The molecule has 3 nitrogen and oxygen atoms in total. The highest BCUT2D eigenvalue weighted by Crippen LogP contribution is 2.37. The first-order chi connectivity index (χ1) is 8.95. The summed E-state index contributed by atoms with van der Waals surface area (Å²) >= 11 is 0. The maximum absolute atomic E-state index is 12.7. The van der Waals surface area contributed by atoms with Gasteiger partial charge in [0.2, 0.25) is 5.91 Å². The molecule has 0 spiro atoms. The Balaban J connectivity index is 1.76. The van der Waals surface area contributed by atoms with E-state index in [1.165, 1.54) is 0 Å². The molecule has 1 aliphatic heterocycles. The predicted octanol–water partition coefficient (Wildman–Crippen LogP) is 2.22. The zero-order valence-electron chi connectivity index (χ0n) is 10.9. The van der Waals surface area contributed by atoms with E-state index in [2.05, 4.69) is 10.6 Å². The molecule has 2 rings (SSSR count). The van der Waals surface area contributed by atoms with Crippen LogP contribution in [0.4, 0.5) is 13.2 Å². The van der Waals surface area contributed by atoms with Crippen LogP contribution in [0, 0.1) is 11.8 Å². The molecule has 19 heavy (non-hydrogen) atoms. The molecule has 0 aromatic heterocycles. The first-order valence-corrected chi connectivity index (χ1v) is 7.02. The minimum absolute atomic E-state index is 0.0398. The number of hydrogen-bond acceptors (Lipinski definition) is 2. The minimum atomic E-state index is -4.13. The molecular weight excluding hydrogens is 257 g/mol. The van der Waals surface area contributed by atoms with Gasteiger partial charge >= 0.3 is 6.18 Å². The Morgan fingerprint density at radius 2 is 2.05 bits per heavy atom. The van der Waals surface area contributed by atoms with Crippen LogP contribution in [0.25, 0.3) is 0 Å². The molecule has 1 saturated carbocycles. The van der Waals surface area contributed by atoms with Crippen molar-refractivity contribution in [3.8, 4) is 0 Å². The third-order valence-corrected chi connectivity index (χ3v) is 4.14. The number of alkyl halides is 3. The Labute approximate surface area is 111 Å². The molecule has 3 atom stereocenters. The standard InChI is InChI=1S/C13H21F3N2O/c14-13(15,16)10-2-1-3-11(7-10)18-12(19)6-9-4-5-17-8-9/h9-11,17H,1-8H2,(H,18,19). The zero-order chi connectivity index (χ0) is 13.9. The second-order valence-corrected chi connectivity index (χ2v) is 5.73. The van der Waals surface area contributed by atoms with Crippen molar-refractivity contribution in [2.45, 2.75) is 50.7 Å². The lowest BCUT2D eigenvalue weighted by Crippen LogP contribution is -2.42. The van der Waals surface area contributed by atoms with Crippen molar-refractivity contribution in [1.29, 1.82) is 0 Å². The van der Waals surface area contributed by atoms with Crippen LogP contribution in [0.5, 0.6) is 0 Å². The van der Waals surface area contributed by atoms with Crippen LogP contribution >= 0.6 is 0 Å². The van der Waals surface area contributed by atoms with E-state index < -0.39 is 12.1 Å². The van der Waals surface area contributed by atoms with Gasteiger partial charge in [0.05, 0.1) is 5.92 Å². The van der Waals surface area contributed by atoms with E-state index in [0.29, 0.717) is 25.2 Å². The number of carbonyl (C=O) groups is 1. The van der Waals surface area contributed by atoms with Gasteiger partial charge in [-0.25, -0.2) is 0 Å². The molecular formula is C13H21F3N2O. The highest BCUT2D eigenvalue weighted by atomic mass is 19.4. The Kier molecular flexibility index (Phi) is 4.71. The maximum atomic E-state index is 12.7. The summed E-state index contributed by atoms with van der Waals surface area (Å²) in [7, 11) is 0. The van der Waals surface area contributed by atoms with E-state index in [9.17, 15) is 18.0 Å². The quantitative estimate of drug-likeness (QED) is 0.831. The van der Waals surface area contributed by atoms with Gasteiger partial charge in [0.15, 0.2) is 0 Å². The van der Waals surface area contributed by atoms with Crippen molar-refractivity contribution >= 4 is 5.91 Å². The summed E-state index contributed by atoms with van der Waals surface area (Å²) < 4.78 is 38.0. The lowest BCUT2D eigenvalue weighted by molar-refractivity contribution is -0.184. The number of hydrogen-bond donors (Lipinski definition) is 2. The van der Waals surface area contributed by atoms with Crippen molar-refractivity contribution in [1.82, 2.24) is 10.6 Å². The van der Waals surface area contributed by atoms with Gasteiger partial charge in [-0.3, -0.25) is 4.79 Å². The molecule has 1 saturated heterocycles. The topological polar surface area (TPSA) is 41.1 Å².